The molecule has 0 spiro atoms. The van der Waals surface area contributed by atoms with Crippen LogP contribution in [0.1, 0.15) is 25.0 Å². The highest BCUT2D eigenvalue weighted by Gasteiger charge is 2.35. The summed E-state index contributed by atoms with van der Waals surface area (Å²) in [6, 6.07) is 27.7. The molecular formula is C33H33ClFN3O4S. The van der Waals surface area contributed by atoms with Gasteiger partial charge >= 0.3 is 0 Å². The third-order valence-electron chi connectivity index (χ3n) is 6.73. The van der Waals surface area contributed by atoms with Crippen molar-refractivity contribution in [1.82, 2.24) is 10.2 Å². The predicted molar refractivity (Wildman–Crippen MR) is 167 cm³/mol. The van der Waals surface area contributed by atoms with Crippen LogP contribution in [0.4, 0.5) is 10.1 Å². The van der Waals surface area contributed by atoms with E-state index in [1.807, 2.05) is 30.3 Å². The molecule has 0 fully saturated rings. The Hall–Kier alpha value is -4.21. The Morgan fingerprint density at radius 1 is 0.837 bits per heavy atom. The van der Waals surface area contributed by atoms with Crippen LogP contribution < -0.4 is 9.62 Å². The van der Waals surface area contributed by atoms with Crippen molar-refractivity contribution >= 4 is 39.1 Å². The number of nitrogens with zero attached hydrogens (tertiary/aromatic N) is 2. The fourth-order valence-corrected chi connectivity index (χ4v) is 6.14. The second kappa shape index (κ2) is 14.3. The fourth-order valence-electron chi connectivity index (χ4n) is 4.60. The predicted octanol–water partition coefficient (Wildman–Crippen LogP) is 5.84. The van der Waals surface area contributed by atoms with Crippen molar-refractivity contribution in [2.45, 2.75) is 43.8 Å². The number of carbonyl (C=O) groups excluding carboxylic acids is 2. The first kappa shape index (κ1) is 31.7. The fraction of sp³-hybridized carbons (Fsp3) is 0.212. The van der Waals surface area contributed by atoms with Crippen LogP contribution in [-0.4, -0.2) is 43.8 Å². The van der Waals surface area contributed by atoms with E-state index in [0.717, 1.165) is 9.87 Å². The Kier molecular flexibility index (Phi) is 10.6. The van der Waals surface area contributed by atoms with Crippen molar-refractivity contribution in [2.24, 2.45) is 0 Å². The van der Waals surface area contributed by atoms with Crippen LogP contribution in [0.25, 0.3) is 0 Å². The van der Waals surface area contributed by atoms with Gasteiger partial charge in [0, 0.05) is 29.6 Å². The molecule has 0 aromatic heterocycles. The minimum absolute atomic E-state index is 0.0624. The number of anilines is 1. The molecule has 4 aromatic carbocycles. The van der Waals surface area contributed by atoms with E-state index in [1.165, 1.54) is 47.4 Å². The number of amides is 2. The van der Waals surface area contributed by atoms with E-state index in [1.54, 1.807) is 50.2 Å². The largest absolute Gasteiger partial charge is 0.352 e. The third kappa shape index (κ3) is 8.21. The average molecular weight is 622 g/mol. The molecule has 1 N–H and O–H groups in total. The number of rotatable bonds is 12. The summed E-state index contributed by atoms with van der Waals surface area (Å²) >= 11 is 6.00. The van der Waals surface area contributed by atoms with E-state index in [9.17, 15) is 22.4 Å². The van der Waals surface area contributed by atoms with Gasteiger partial charge in [-0.05, 0) is 61.9 Å². The molecule has 0 unspecified atom stereocenters. The standard InChI is InChI=1S/C33H33ClFN3O4S/c1-24(2)36-33(40)31(21-25-11-5-3-6-12-25)37(22-26-13-9-10-16-30(26)35)32(39)23-38(28-14-7-4-8-15-28)43(41,42)29-19-17-27(34)18-20-29/h3-20,24,31H,21-23H2,1-2H3,(H,36,40)/t31-/m0/s1. The second-order valence-electron chi connectivity index (χ2n) is 10.3. The lowest BCUT2D eigenvalue weighted by molar-refractivity contribution is -0.140. The zero-order valence-corrected chi connectivity index (χ0v) is 25.4. The minimum atomic E-state index is -4.25. The van der Waals surface area contributed by atoms with Gasteiger partial charge < -0.3 is 10.2 Å². The van der Waals surface area contributed by atoms with Gasteiger partial charge in [-0.3, -0.25) is 13.9 Å². The summed E-state index contributed by atoms with van der Waals surface area (Å²) in [7, 11) is -4.25. The maximum absolute atomic E-state index is 14.9. The molecule has 0 saturated heterocycles. The molecule has 0 bridgehead atoms. The molecule has 4 rings (SSSR count). The molecule has 0 radical (unpaired) electrons. The summed E-state index contributed by atoms with van der Waals surface area (Å²) in [5, 5.41) is 3.23. The average Bonchev–Trinajstić information content (AvgIpc) is 2.99. The van der Waals surface area contributed by atoms with Gasteiger partial charge in [0.05, 0.1) is 10.6 Å². The molecule has 7 nitrogen and oxygen atoms in total. The van der Waals surface area contributed by atoms with E-state index in [2.05, 4.69) is 5.32 Å². The number of benzene rings is 4. The molecule has 4 aromatic rings. The van der Waals surface area contributed by atoms with Gasteiger partial charge in [0.2, 0.25) is 11.8 Å². The molecular weight excluding hydrogens is 589 g/mol. The van der Waals surface area contributed by atoms with Crippen molar-refractivity contribution in [1.29, 1.82) is 0 Å². The lowest BCUT2D eigenvalue weighted by Gasteiger charge is -2.34. The number of hydrogen-bond acceptors (Lipinski definition) is 4. The number of sulfonamides is 1. The molecule has 0 aliphatic carbocycles. The first-order valence-corrected chi connectivity index (χ1v) is 15.6. The molecule has 0 heterocycles. The van der Waals surface area contributed by atoms with E-state index in [-0.39, 0.29) is 35.2 Å². The molecule has 0 aliphatic heterocycles. The van der Waals surface area contributed by atoms with Crippen LogP contribution in [-0.2, 0) is 32.6 Å². The van der Waals surface area contributed by atoms with Crippen LogP contribution in [0.5, 0.6) is 0 Å². The summed E-state index contributed by atoms with van der Waals surface area (Å²) in [6.45, 7) is 2.72. The van der Waals surface area contributed by atoms with E-state index >= 15 is 0 Å². The van der Waals surface area contributed by atoms with Crippen molar-refractivity contribution in [2.75, 3.05) is 10.8 Å². The molecule has 1 atom stereocenters. The van der Waals surface area contributed by atoms with Gasteiger partial charge in [0.1, 0.15) is 18.4 Å². The van der Waals surface area contributed by atoms with Crippen LogP contribution in [0.15, 0.2) is 114 Å². The monoisotopic (exact) mass is 621 g/mol. The number of carbonyl (C=O) groups is 2. The SMILES string of the molecule is CC(C)NC(=O)[C@H](Cc1ccccc1)N(Cc1ccccc1F)C(=O)CN(c1ccccc1)S(=O)(=O)c1ccc(Cl)cc1. The molecule has 0 aliphatic rings. The Balaban J connectivity index is 1.79. The molecule has 43 heavy (non-hydrogen) atoms. The molecule has 2 amide bonds. The number of hydrogen-bond donors (Lipinski definition) is 1. The molecule has 224 valence electrons. The molecule has 0 saturated carbocycles. The van der Waals surface area contributed by atoms with Crippen LogP contribution in [0.2, 0.25) is 5.02 Å². The molecule has 10 heteroatoms. The first-order valence-electron chi connectivity index (χ1n) is 13.8. The lowest BCUT2D eigenvalue weighted by Crippen LogP contribution is -2.54. The highest BCUT2D eigenvalue weighted by Crippen LogP contribution is 2.26. The summed E-state index contributed by atoms with van der Waals surface area (Å²) in [4.78, 5) is 29.1. The van der Waals surface area contributed by atoms with Crippen LogP contribution in [0.3, 0.4) is 0 Å². The van der Waals surface area contributed by atoms with Crippen molar-refractivity contribution in [3.05, 3.63) is 131 Å². The summed E-state index contributed by atoms with van der Waals surface area (Å²) in [6.07, 6.45) is 0.134. The first-order chi connectivity index (χ1) is 20.6. The smallest absolute Gasteiger partial charge is 0.264 e. The highest BCUT2D eigenvalue weighted by molar-refractivity contribution is 7.92. The Labute approximate surface area is 257 Å². The quantitative estimate of drug-likeness (QED) is 0.215. The number of halogens is 2. The Morgan fingerprint density at radius 2 is 1.42 bits per heavy atom. The maximum atomic E-state index is 14.9. The van der Waals surface area contributed by atoms with Gasteiger partial charge in [-0.25, -0.2) is 12.8 Å². The normalized spacial score (nSPS) is 12.0. The van der Waals surface area contributed by atoms with E-state index in [4.69, 9.17) is 11.6 Å². The summed E-state index contributed by atoms with van der Waals surface area (Å²) < 4.78 is 43.8. The van der Waals surface area contributed by atoms with Crippen molar-refractivity contribution < 1.29 is 22.4 Å². The Morgan fingerprint density at radius 3 is 2.02 bits per heavy atom. The van der Waals surface area contributed by atoms with Gasteiger partial charge in [0.15, 0.2) is 0 Å². The van der Waals surface area contributed by atoms with E-state index < -0.39 is 40.2 Å². The number of nitrogens with one attached hydrogen (secondary N) is 1. The topological polar surface area (TPSA) is 86.8 Å². The summed E-state index contributed by atoms with van der Waals surface area (Å²) in [5.74, 6) is -1.66. The third-order valence-corrected chi connectivity index (χ3v) is 8.77. The van der Waals surface area contributed by atoms with Crippen LogP contribution in [0, 0.1) is 5.82 Å². The van der Waals surface area contributed by atoms with Gasteiger partial charge in [-0.2, -0.15) is 0 Å². The minimum Gasteiger partial charge on any atom is -0.352 e. The second-order valence-corrected chi connectivity index (χ2v) is 12.6. The van der Waals surface area contributed by atoms with Gasteiger partial charge in [-0.1, -0.05) is 78.3 Å². The van der Waals surface area contributed by atoms with Crippen molar-refractivity contribution in [3.63, 3.8) is 0 Å². The maximum Gasteiger partial charge on any atom is 0.264 e. The number of para-hydroxylation sites is 1. The van der Waals surface area contributed by atoms with Crippen LogP contribution >= 0.6 is 11.6 Å². The zero-order valence-electron chi connectivity index (χ0n) is 23.9. The Bertz CT molecular complexity index is 1640. The van der Waals surface area contributed by atoms with Gasteiger partial charge in [0.25, 0.3) is 10.0 Å². The zero-order chi connectivity index (χ0) is 31.0. The van der Waals surface area contributed by atoms with Crippen molar-refractivity contribution in [3.8, 4) is 0 Å². The van der Waals surface area contributed by atoms with Gasteiger partial charge in [-0.15, -0.1) is 0 Å². The lowest BCUT2D eigenvalue weighted by atomic mass is 10.0. The summed E-state index contributed by atoms with van der Waals surface area (Å²) in [5.41, 5.74) is 1.23. The van der Waals surface area contributed by atoms with E-state index in [0.29, 0.717) is 5.02 Å². The highest BCUT2D eigenvalue weighted by atomic mass is 35.5.